The molecule has 5 nitrogen and oxygen atoms in total. The van der Waals surface area contributed by atoms with E-state index < -0.39 is 5.97 Å². The third-order valence-corrected chi connectivity index (χ3v) is 2.79. The summed E-state index contributed by atoms with van der Waals surface area (Å²) in [7, 11) is 0. The first kappa shape index (κ1) is 13.4. The van der Waals surface area contributed by atoms with Gasteiger partial charge in [-0.05, 0) is 38.1 Å². The van der Waals surface area contributed by atoms with Gasteiger partial charge in [-0.1, -0.05) is 11.6 Å². The van der Waals surface area contributed by atoms with Crippen molar-refractivity contribution < 1.29 is 14.3 Å². The lowest BCUT2D eigenvalue weighted by atomic mass is 10.2. The number of aromatic carboxylic acids is 1. The zero-order valence-corrected chi connectivity index (χ0v) is 11.2. The van der Waals surface area contributed by atoms with Crippen molar-refractivity contribution in [3.05, 3.63) is 46.5 Å². The topological polar surface area (TPSA) is 75.4 Å². The quantitative estimate of drug-likeness (QED) is 0.838. The number of pyridine rings is 1. The Hall–Kier alpha value is -2.01. The van der Waals surface area contributed by atoms with E-state index in [0.29, 0.717) is 5.82 Å². The Morgan fingerprint density at radius 2 is 2.21 bits per heavy atom. The zero-order valence-electron chi connectivity index (χ0n) is 10.5. The largest absolute Gasteiger partial charge is 0.478 e. The molecule has 0 aliphatic carbocycles. The summed E-state index contributed by atoms with van der Waals surface area (Å²) < 4.78 is 5.49. The van der Waals surface area contributed by atoms with Crippen molar-refractivity contribution in [2.45, 2.75) is 19.9 Å². The van der Waals surface area contributed by atoms with E-state index in [2.05, 4.69) is 10.3 Å². The maximum absolute atomic E-state index is 10.9. The maximum Gasteiger partial charge on any atom is 0.335 e. The van der Waals surface area contributed by atoms with Crippen molar-refractivity contribution >= 4 is 23.4 Å². The zero-order chi connectivity index (χ0) is 14.0. The van der Waals surface area contributed by atoms with Crippen LogP contribution in [0.15, 0.2) is 28.7 Å². The minimum atomic E-state index is -1.05. The lowest BCUT2D eigenvalue weighted by Gasteiger charge is -2.12. The molecule has 2 aromatic heterocycles. The van der Waals surface area contributed by atoms with E-state index in [1.807, 2.05) is 26.0 Å². The fourth-order valence-corrected chi connectivity index (χ4v) is 1.88. The van der Waals surface area contributed by atoms with Gasteiger partial charge in [-0.2, -0.15) is 0 Å². The van der Waals surface area contributed by atoms with E-state index in [1.54, 1.807) is 0 Å². The van der Waals surface area contributed by atoms with Gasteiger partial charge >= 0.3 is 5.97 Å². The van der Waals surface area contributed by atoms with Gasteiger partial charge in [0.1, 0.15) is 22.5 Å². The molecule has 0 saturated carbocycles. The summed E-state index contributed by atoms with van der Waals surface area (Å²) in [5, 5.41) is 12.1. The summed E-state index contributed by atoms with van der Waals surface area (Å²) in [4.78, 5) is 15.0. The molecule has 1 atom stereocenters. The molecule has 0 aromatic carbocycles. The Bertz CT molecular complexity index is 610. The van der Waals surface area contributed by atoms with Crippen molar-refractivity contribution in [1.29, 1.82) is 0 Å². The lowest BCUT2D eigenvalue weighted by molar-refractivity contribution is 0.0697. The number of anilines is 1. The highest BCUT2D eigenvalue weighted by Crippen LogP contribution is 2.22. The monoisotopic (exact) mass is 280 g/mol. The van der Waals surface area contributed by atoms with Gasteiger partial charge in [-0.15, -0.1) is 0 Å². The molecule has 19 heavy (non-hydrogen) atoms. The molecule has 2 rings (SSSR count). The summed E-state index contributed by atoms with van der Waals surface area (Å²) in [6, 6.07) is 6.32. The SMILES string of the molecule is Cc1ccc(C(C)Nc2cc(C(=O)O)cc(Cl)n2)o1. The molecule has 100 valence electrons. The van der Waals surface area contributed by atoms with E-state index in [4.69, 9.17) is 21.1 Å². The van der Waals surface area contributed by atoms with Crippen LogP contribution in [0.1, 0.15) is 34.8 Å². The van der Waals surface area contributed by atoms with Gasteiger partial charge in [0.25, 0.3) is 0 Å². The highest BCUT2D eigenvalue weighted by Gasteiger charge is 2.12. The van der Waals surface area contributed by atoms with Crippen LogP contribution in [-0.2, 0) is 0 Å². The van der Waals surface area contributed by atoms with Crippen molar-refractivity contribution in [3.8, 4) is 0 Å². The van der Waals surface area contributed by atoms with Gasteiger partial charge in [0.2, 0.25) is 0 Å². The van der Waals surface area contributed by atoms with Crippen molar-refractivity contribution in [1.82, 2.24) is 4.98 Å². The molecule has 0 aliphatic rings. The van der Waals surface area contributed by atoms with Crippen LogP contribution in [0.5, 0.6) is 0 Å². The molecule has 2 N–H and O–H groups in total. The molecule has 0 aliphatic heterocycles. The van der Waals surface area contributed by atoms with Crippen LogP contribution in [0, 0.1) is 6.92 Å². The van der Waals surface area contributed by atoms with Crippen LogP contribution in [-0.4, -0.2) is 16.1 Å². The number of hydrogen-bond acceptors (Lipinski definition) is 4. The Morgan fingerprint density at radius 1 is 1.47 bits per heavy atom. The summed E-state index contributed by atoms with van der Waals surface area (Å²) in [5.41, 5.74) is 0.0883. The number of halogens is 1. The fourth-order valence-electron chi connectivity index (χ4n) is 1.67. The number of nitrogens with zero attached hydrogens (tertiary/aromatic N) is 1. The number of furan rings is 1. The lowest BCUT2D eigenvalue weighted by Crippen LogP contribution is -2.08. The molecule has 0 amide bonds. The van der Waals surface area contributed by atoms with Crippen molar-refractivity contribution in [3.63, 3.8) is 0 Å². The second kappa shape index (κ2) is 5.32. The molecule has 0 bridgehead atoms. The summed E-state index contributed by atoms with van der Waals surface area (Å²) in [5.74, 6) is 0.908. The maximum atomic E-state index is 10.9. The molecular weight excluding hydrogens is 268 g/mol. The van der Waals surface area contributed by atoms with E-state index >= 15 is 0 Å². The van der Waals surface area contributed by atoms with Gasteiger partial charge in [-0.3, -0.25) is 0 Å². The van der Waals surface area contributed by atoms with Crippen molar-refractivity contribution in [2.75, 3.05) is 5.32 Å². The number of aromatic nitrogens is 1. The number of nitrogens with one attached hydrogen (secondary N) is 1. The Kier molecular flexibility index (Phi) is 3.76. The van der Waals surface area contributed by atoms with E-state index in [0.717, 1.165) is 11.5 Å². The van der Waals surface area contributed by atoms with Gasteiger partial charge in [-0.25, -0.2) is 9.78 Å². The average Bonchev–Trinajstić information content (AvgIpc) is 2.75. The third-order valence-electron chi connectivity index (χ3n) is 2.59. The Labute approximate surface area is 115 Å². The predicted octanol–water partition coefficient (Wildman–Crippen LogP) is 3.51. The summed E-state index contributed by atoms with van der Waals surface area (Å²) in [6.45, 7) is 3.75. The highest BCUT2D eigenvalue weighted by atomic mass is 35.5. The van der Waals surface area contributed by atoms with Crippen LogP contribution in [0.2, 0.25) is 5.15 Å². The molecule has 6 heteroatoms. The highest BCUT2D eigenvalue weighted by molar-refractivity contribution is 6.29. The molecule has 0 radical (unpaired) electrons. The van der Waals surface area contributed by atoms with E-state index in [-0.39, 0.29) is 16.8 Å². The van der Waals surface area contributed by atoms with Crippen molar-refractivity contribution in [2.24, 2.45) is 0 Å². The van der Waals surface area contributed by atoms with Gasteiger partial charge < -0.3 is 14.8 Å². The molecule has 0 saturated heterocycles. The molecular formula is C13H13ClN2O3. The fraction of sp³-hybridized carbons (Fsp3) is 0.231. The number of hydrogen-bond donors (Lipinski definition) is 2. The summed E-state index contributed by atoms with van der Waals surface area (Å²) >= 11 is 5.79. The van der Waals surface area contributed by atoms with Crippen LogP contribution in [0.4, 0.5) is 5.82 Å². The Morgan fingerprint density at radius 3 is 2.79 bits per heavy atom. The molecule has 0 spiro atoms. The van der Waals surface area contributed by atoms with Crippen LogP contribution in [0.25, 0.3) is 0 Å². The molecule has 1 unspecified atom stereocenters. The minimum Gasteiger partial charge on any atom is -0.478 e. The minimum absolute atomic E-state index is 0.0883. The second-order valence-corrected chi connectivity index (χ2v) is 4.57. The van der Waals surface area contributed by atoms with Gasteiger partial charge in [0, 0.05) is 0 Å². The standard InChI is InChI=1S/C13H13ClN2O3/c1-7-3-4-10(19-7)8(2)15-12-6-9(13(17)18)5-11(14)16-12/h3-6,8H,1-2H3,(H,15,16)(H,17,18). The van der Waals surface area contributed by atoms with Crippen LogP contribution in [0.3, 0.4) is 0 Å². The third kappa shape index (κ3) is 3.26. The number of carboxylic acids is 1. The number of carbonyl (C=O) groups is 1. The first-order chi connectivity index (χ1) is 8.95. The second-order valence-electron chi connectivity index (χ2n) is 4.18. The normalized spacial score (nSPS) is 12.2. The number of aryl methyl sites for hydroxylation is 1. The van der Waals surface area contributed by atoms with Gasteiger partial charge in [0.05, 0.1) is 11.6 Å². The first-order valence-electron chi connectivity index (χ1n) is 5.69. The van der Waals surface area contributed by atoms with E-state index in [1.165, 1.54) is 12.1 Å². The number of rotatable bonds is 4. The predicted molar refractivity (Wildman–Crippen MR) is 71.7 cm³/mol. The number of carboxylic acid groups (broad SMARTS) is 1. The van der Waals surface area contributed by atoms with E-state index in [9.17, 15) is 4.79 Å². The molecule has 2 heterocycles. The average molecular weight is 281 g/mol. The van der Waals surface area contributed by atoms with Crippen LogP contribution >= 0.6 is 11.6 Å². The van der Waals surface area contributed by atoms with Crippen LogP contribution < -0.4 is 5.32 Å². The smallest absolute Gasteiger partial charge is 0.335 e. The van der Waals surface area contributed by atoms with Gasteiger partial charge in [0.15, 0.2) is 0 Å². The molecule has 0 fully saturated rings. The first-order valence-corrected chi connectivity index (χ1v) is 6.07. The molecule has 2 aromatic rings. The summed E-state index contributed by atoms with van der Waals surface area (Å²) in [6.07, 6.45) is 0. The Balaban J connectivity index is 2.21.